The zero-order valence-corrected chi connectivity index (χ0v) is 7.74. The number of thiol groups is 1. The molecule has 0 aromatic carbocycles. The van der Waals surface area contributed by atoms with Gasteiger partial charge < -0.3 is 4.74 Å². The minimum Gasteiger partial charge on any atom is -0.465 e. The Morgan fingerprint density at radius 1 is 1.73 bits per heavy atom. The van der Waals surface area contributed by atoms with Crippen molar-refractivity contribution in [1.29, 1.82) is 0 Å². The fourth-order valence-electron chi connectivity index (χ4n) is 0.673. The average Bonchev–Trinajstić information content (AvgIpc) is 2.50. The van der Waals surface area contributed by atoms with Gasteiger partial charge in [0.25, 0.3) is 0 Å². The molecule has 0 atom stereocenters. The zero-order valence-electron chi connectivity index (χ0n) is 6.03. The number of rotatable bonds is 2. The molecule has 0 amide bonds. The molecular weight excluding hydrogens is 180 g/mol. The van der Waals surface area contributed by atoms with Crippen molar-refractivity contribution >= 4 is 29.9 Å². The first kappa shape index (κ1) is 8.62. The second kappa shape index (κ2) is 3.78. The van der Waals surface area contributed by atoms with E-state index in [0.29, 0.717) is 10.6 Å². The van der Waals surface area contributed by atoms with Gasteiger partial charge >= 0.3 is 5.97 Å². The van der Waals surface area contributed by atoms with E-state index in [1.165, 1.54) is 18.4 Å². The maximum absolute atomic E-state index is 10.9. The van der Waals surface area contributed by atoms with Crippen LogP contribution >= 0.6 is 24.0 Å². The van der Waals surface area contributed by atoms with Gasteiger partial charge in [0.05, 0.1) is 7.11 Å². The Balaban J connectivity index is 2.80. The first-order chi connectivity index (χ1) is 5.27. The van der Waals surface area contributed by atoms with Gasteiger partial charge in [0.15, 0.2) is 0 Å². The van der Waals surface area contributed by atoms with E-state index < -0.39 is 0 Å². The molecule has 11 heavy (non-hydrogen) atoms. The van der Waals surface area contributed by atoms with Gasteiger partial charge in [-0.15, -0.1) is 11.3 Å². The molecule has 0 aliphatic rings. The second-order valence-electron chi connectivity index (χ2n) is 1.92. The molecule has 0 saturated heterocycles. The first-order valence-corrected chi connectivity index (χ1v) is 4.50. The molecule has 0 saturated carbocycles. The van der Waals surface area contributed by atoms with Gasteiger partial charge in [-0.2, -0.15) is 12.6 Å². The predicted molar refractivity (Wildman–Crippen MR) is 48.3 cm³/mol. The summed E-state index contributed by atoms with van der Waals surface area (Å²) in [6, 6.07) is 3.63. The summed E-state index contributed by atoms with van der Waals surface area (Å²) in [6.07, 6.45) is 0. The lowest BCUT2D eigenvalue weighted by atomic mass is 10.4. The van der Waals surface area contributed by atoms with E-state index >= 15 is 0 Å². The summed E-state index contributed by atoms with van der Waals surface area (Å²) in [5, 5.41) is 0. The fraction of sp³-hybridized carbons (Fsp3) is 0.286. The molecule has 0 N–H and O–H groups in total. The quantitative estimate of drug-likeness (QED) is 0.567. The fourth-order valence-corrected chi connectivity index (χ4v) is 1.76. The van der Waals surface area contributed by atoms with E-state index in [1.807, 2.05) is 6.07 Å². The molecule has 0 fully saturated rings. The molecule has 0 radical (unpaired) electrons. The minimum absolute atomic E-state index is 0.275. The van der Waals surface area contributed by atoms with Crippen molar-refractivity contribution in [2.75, 3.05) is 7.11 Å². The van der Waals surface area contributed by atoms with Crippen LogP contribution in [0.15, 0.2) is 12.1 Å². The van der Waals surface area contributed by atoms with Crippen LogP contribution in [0.4, 0.5) is 0 Å². The van der Waals surface area contributed by atoms with E-state index in [0.717, 1.165) is 4.88 Å². The van der Waals surface area contributed by atoms with Crippen LogP contribution in [0.25, 0.3) is 0 Å². The van der Waals surface area contributed by atoms with Crippen LogP contribution in [0.1, 0.15) is 14.5 Å². The molecule has 0 spiro atoms. The van der Waals surface area contributed by atoms with Crippen LogP contribution in [-0.4, -0.2) is 13.1 Å². The lowest BCUT2D eigenvalue weighted by Gasteiger charge is -1.91. The highest BCUT2D eigenvalue weighted by Crippen LogP contribution is 2.18. The lowest BCUT2D eigenvalue weighted by molar-refractivity contribution is 0.0606. The SMILES string of the molecule is COC(=O)c1ccc(CS)s1. The number of carbonyl (C=O) groups excluding carboxylic acids is 1. The van der Waals surface area contributed by atoms with Crippen LogP contribution < -0.4 is 0 Å². The Labute approximate surface area is 74.6 Å². The van der Waals surface area contributed by atoms with Gasteiger partial charge in [-0.05, 0) is 12.1 Å². The third kappa shape index (κ3) is 1.97. The lowest BCUT2D eigenvalue weighted by Crippen LogP contribution is -1.96. The molecule has 1 heterocycles. The Bertz CT molecular complexity index is 255. The first-order valence-electron chi connectivity index (χ1n) is 3.06. The molecule has 1 rings (SSSR count). The Kier molecular flexibility index (Phi) is 2.96. The normalized spacial score (nSPS) is 9.64. The molecule has 0 bridgehead atoms. The van der Waals surface area contributed by atoms with Crippen molar-refractivity contribution in [2.24, 2.45) is 0 Å². The molecule has 4 heteroatoms. The maximum atomic E-state index is 10.9. The van der Waals surface area contributed by atoms with Crippen molar-refractivity contribution in [1.82, 2.24) is 0 Å². The van der Waals surface area contributed by atoms with Crippen LogP contribution in [-0.2, 0) is 10.5 Å². The summed E-state index contributed by atoms with van der Waals surface area (Å²) in [5.74, 6) is 0.393. The van der Waals surface area contributed by atoms with Crippen molar-refractivity contribution in [3.8, 4) is 0 Å². The summed E-state index contributed by atoms with van der Waals surface area (Å²) in [5.41, 5.74) is 0. The number of methoxy groups -OCH3 is 1. The average molecular weight is 188 g/mol. The second-order valence-corrected chi connectivity index (χ2v) is 3.40. The van der Waals surface area contributed by atoms with Gasteiger partial charge in [-0.3, -0.25) is 0 Å². The van der Waals surface area contributed by atoms with Crippen LogP contribution in [0.2, 0.25) is 0 Å². The maximum Gasteiger partial charge on any atom is 0.348 e. The highest BCUT2D eigenvalue weighted by molar-refractivity contribution is 7.79. The van der Waals surface area contributed by atoms with Crippen molar-refractivity contribution in [3.63, 3.8) is 0 Å². The number of hydrogen-bond acceptors (Lipinski definition) is 4. The number of carbonyl (C=O) groups is 1. The summed E-state index contributed by atoms with van der Waals surface area (Å²) in [4.78, 5) is 12.6. The van der Waals surface area contributed by atoms with Gasteiger partial charge in [-0.1, -0.05) is 0 Å². The largest absolute Gasteiger partial charge is 0.465 e. The van der Waals surface area contributed by atoms with Crippen LogP contribution in [0, 0.1) is 0 Å². The topological polar surface area (TPSA) is 26.3 Å². The third-order valence-corrected chi connectivity index (χ3v) is 2.82. The Morgan fingerprint density at radius 2 is 2.45 bits per heavy atom. The molecule has 60 valence electrons. The smallest absolute Gasteiger partial charge is 0.348 e. The summed E-state index contributed by atoms with van der Waals surface area (Å²) in [6.45, 7) is 0. The van der Waals surface area contributed by atoms with Crippen molar-refractivity contribution in [2.45, 2.75) is 5.75 Å². The van der Waals surface area contributed by atoms with E-state index in [2.05, 4.69) is 17.4 Å². The van der Waals surface area contributed by atoms with E-state index in [4.69, 9.17) is 0 Å². The minimum atomic E-state index is -0.275. The molecule has 1 aromatic heterocycles. The van der Waals surface area contributed by atoms with Crippen molar-refractivity contribution < 1.29 is 9.53 Å². The number of thiophene rings is 1. The van der Waals surface area contributed by atoms with E-state index in [-0.39, 0.29) is 5.97 Å². The summed E-state index contributed by atoms with van der Waals surface area (Å²) >= 11 is 5.49. The summed E-state index contributed by atoms with van der Waals surface area (Å²) < 4.78 is 4.54. The van der Waals surface area contributed by atoms with Crippen LogP contribution in [0.5, 0.6) is 0 Å². The van der Waals surface area contributed by atoms with Gasteiger partial charge in [0.2, 0.25) is 0 Å². The molecule has 2 nitrogen and oxygen atoms in total. The summed E-state index contributed by atoms with van der Waals surface area (Å²) in [7, 11) is 1.38. The van der Waals surface area contributed by atoms with Gasteiger partial charge in [0.1, 0.15) is 4.88 Å². The molecular formula is C7H8O2S2. The Hall–Kier alpha value is -0.480. The third-order valence-electron chi connectivity index (χ3n) is 1.20. The highest BCUT2D eigenvalue weighted by atomic mass is 32.1. The zero-order chi connectivity index (χ0) is 8.27. The monoisotopic (exact) mass is 188 g/mol. The molecule has 0 aliphatic carbocycles. The van der Waals surface area contributed by atoms with E-state index in [1.54, 1.807) is 6.07 Å². The van der Waals surface area contributed by atoms with E-state index in [9.17, 15) is 4.79 Å². The highest BCUT2D eigenvalue weighted by Gasteiger charge is 2.07. The van der Waals surface area contributed by atoms with Gasteiger partial charge in [-0.25, -0.2) is 4.79 Å². The standard InChI is InChI=1S/C7H8O2S2/c1-9-7(8)6-3-2-5(4-10)11-6/h2-3,10H,4H2,1H3. The molecule has 0 aliphatic heterocycles. The van der Waals surface area contributed by atoms with Crippen LogP contribution in [0.3, 0.4) is 0 Å². The molecule has 0 unspecified atom stereocenters. The van der Waals surface area contributed by atoms with Crippen molar-refractivity contribution in [3.05, 3.63) is 21.9 Å². The van der Waals surface area contributed by atoms with Gasteiger partial charge in [0, 0.05) is 10.6 Å². The number of esters is 1. The molecule has 1 aromatic rings. The Morgan fingerprint density at radius 3 is 2.91 bits per heavy atom. The number of ether oxygens (including phenoxy) is 1. The number of hydrogen-bond donors (Lipinski definition) is 1. The predicted octanol–water partition coefficient (Wildman–Crippen LogP) is 1.96.